The van der Waals surface area contributed by atoms with Gasteiger partial charge in [-0.15, -0.1) is 12.4 Å². The number of fused-ring (bicyclic) bond motifs is 1. The molecule has 0 atom stereocenters. The molecule has 6 rings (SSSR count). The van der Waals surface area contributed by atoms with Gasteiger partial charge < -0.3 is 15.4 Å². The number of nitrogens with two attached hydrogens (primary N) is 1. The van der Waals surface area contributed by atoms with Crippen molar-refractivity contribution in [3.05, 3.63) is 88.7 Å². The number of hydrogen-bond donors (Lipinski definition) is 2. The van der Waals surface area contributed by atoms with Gasteiger partial charge in [0.1, 0.15) is 0 Å². The van der Waals surface area contributed by atoms with Crippen LogP contribution >= 0.6 is 12.4 Å². The Morgan fingerprint density at radius 3 is 2.29 bits per heavy atom. The van der Waals surface area contributed by atoms with Crippen molar-refractivity contribution in [2.45, 2.75) is 36.8 Å². The summed E-state index contributed by atoms with van der Waals surface area (Å²) in [4.78, 5) is 17.2. The van der Waals surface area contributed by atoms with E-state index in [1.807, 2.05) is 18.2 Å². The fourth-order valence-corrected chi connectivity index (χ4v) is 5.46. The second-order valence-electron chi connectivity index (χ2n) is 9.85. The number of nitrogens with zero attached hydrogens (tertiary/aromatic N) is 2. The van der Waals surface area contributed by atoms with E-state index in [2.05, 4.69) is 42.5 Å². The molecule has 3 N–H and O–H groups in total. The summed E-state index contributed by atoms with van der Waals surface area (Å²) >= 11 is 0. The van der Waals surface area contributed by atoms with Crippen LogP contribution < -0.4 is 11.3 Å². The fourth-order valence-electron chi connectivity index (χ4n) is 5.46. The molecule has 2 saturated carbocycles. The average Bonchev–Trinajstić information content (AvgIpc) is 3.67. The van der Waals surface area contributed by atoms with Crippen molar-refractivity contribution in [3.8, 4) is 22.4 Å². The van der Waals surface area contributed by atoms with Gasteiger partial charge in [0.25, 0.3) is 5.56 Å². The average molecular weight is 474 g/mol. The van der Waals surface area contributed by atoms with Crippen molar-refractivity contribution in [1.29, 1.82) is 0 Å². The lowest BCUT2D eigenvalue weighted by Gasteiger charge is -2.52. The van der Waals surface area contributed by atoms with Gasteiger partial charge in [0, 0.05) is 29.8 Å². The van der Waals surface area contributed by atoms with E-state index in [1.54, 1.807) is 23.7 Å². The first kappa shape index (κ1) is 22.8. The van der Waals surface area contributed by atoms with E-state index in [0.717, 1.165) is 51.8 Å². The Morgan fingerprint density at radius 2 is 1.65 bits per heavy atom. The molecule has 174 valence electrons. The smallest absolute Gasteiger partial charge is 0.250 e. The summed E-state index contributed by atoms with van der Waals surface area (Å²) in [6.45, 7) is 0. The van der Waals surface area contributed by atoms with E-state index < -0.39 is 11.1 Å². The van der Waals surface area contributed by atoms with E-state index >= 15 is 0 Å². The standard InChI is InChI=1S/C28H27N3O2.ClH/c1-31-24-15-22(18-5-3-2-4-6-18)26(30-23(24)13-14-25(31)32)19-7-9-20(10-8-19)27(29)16-28(33,17-27)21-11-12-21;/h2-10,13-15,21,33H,11-12,16-17,29H2,1H3;1H/t27-,28-;. The zero-order valence-corrected chi connectivity index (χ0v) is 19.9. The molecule has 2 fully saturated rings. The van der Waals surface area contributed by atoms with Crippen LogP contribution in [0.1, 0.15) is 31.2 Å². The van der Waals surface area contributed by atoms with Crippen molar-refractivity contribution in [2.24, 2.45) is 18.7 Å². The molecule has 0 aliphatic heterocycles. The Morgan fingerprint density at radius 1 is 0.971 bits per heavy atom. The zero-order chi connectivity index (χ0) is 22.8. The maximum atomic E-state index is 12.2. The predicted molar refractivity (Wildman–Crippen MR) is 138 cm³/mol. The summed E-state index contributed by atoms with van der Waals surface area (Å²) in [5, 5.41) is 10.8. The van der Waals surface area contributed by atoms with Crippen molar-refractivity contribution < 1.29 is 5.11 Å². The molecule has 6 heteroatoms. The molecule has 0 amide bonds. The Labute approximate surface area is 204 Å². The van der Waals surface area contributed by atoms with Gasteiger partial charge in [-0.05, 0) is 54.9 Å². The van der Waals surface area contributed by atoms with Crippen molar-refractivity contribution in [2.75, 3.05) is 0 Å². The van der Waals surface area contributed by atoms with Crippen LogP contribution in [-0.2, 0) is 12.6 Å². The molecule has 0 spiro atoms. The predicted octanol–water partition coefficient (Wildman–Crippen LogP) is 4.78. The third-order valence-electron chi connectivity index (χ3n) is 7.51. The first-order chi connectivity index (χ1) is 15.9. The van der Waals surface area contributed by atoms with Crippen LogP contribution in [0.25, 0.3) is 33.4 Å². The second-order valence-corrected chi connectivity index (χ2v) is 9.85. The minimum absolute atomic E-state index is 0. The number of aryl methyl sites for hydroxylation is 1. The lowest BCUT2D eigenvalue weighted by molar-refractivity contribution is -0.106. The molecule has 0 unspecified atom stereocenters. The second kappa shape index (κ2) is 8.05. The van der Waals surface area contributed by atoms with Gasteiger partial charge in [0.15, 0.2) is 0 Å². The van der Waals surface area contributed by atoms with Crippen LogP contribution in [0.15, 0.2) is 77.6 Å². The minimum atomic E-state index is -0.580. The molecule has 4 aromatic rings. The highest BCUT2D eigenvalue weighted by atomic mass is 35.5. The van der Waals surface area contributed by atoms with Crippen LogP contribution in [-0.4, -0.2) is 20.3 Å². The number of benzene rings is 2. The maximum Gasteiger partial charge on any atom is 0.250 e. The van der Waals surface area contributed by atoms with Crippen molar-refractivity contribution >= 4 is 23.4 Å². The molecule has 2 heterocycles. The first-order valence-corrected chi connectivity index (χ1v) is 11.5. The summed E-state index contributed by atoms with van der Waals surface area (Å²) in [6.07, 6.45) is 3.49. The Kier molecular flexibility index (Phi) is 5.40. The Bertz CT molecular complexity index is 1420. The van der Waals surface area contributed by atoms with Gasteiger partial charge in [-0.1, -0.05) is 54.6 Å². The van der Waals surface area contributed by atoms with Gasteiger partial charge in [-0.3, -0.25) is 4.79 Å². The normalized spacial score (nSPS) is 23.9. The molecule has 2 aliphatic carbocycles. The highest BCUT2D eigenvalue weighted by Gasteiger charge is 2.58. The molecular weight excluding hydrogens is 446 g/mol. The van der Waals surface area contributed by atoms with Crippen molar-refractivity contribution in [1.82, 2.24) is 9.55 Å². The van der Waals surface area contributed by atoms with E-state index in [4.69, 9.17) is 10.7 Å². The number of pyridine rings is 2. The van der Waals surface area contributed by atoms with E-state index in [-0.39, 0.29) is 18.0 Å². The molecular formula is C28H28ClN3O2. The monoisotopic (exact) mass is 473 g/mol. The number of hydrogen-bond acceptors (Lipinski definition) is 4. The van der Waals surface area contributed by atoms with E-state index in [0.29, 0.717) is 18.8 Å². The lowest BCUT2D eigenvalue weighted by atomic mass is 9.60. The summed E-state index contributed by atoms with van der Waals surface area (Å²) < 4.78 is 1.64. The van der Waals surface area contributed by atoms with Crippen LogP contribution in [0.4, 0.5) is 0 Å². The Balaban J connectivity index is 0.00000241. The summed E-state index contributed by atoms with van der Waals surface area (Å²) in [7, 11) is 1.78. The number of aliphatic hydroxyl groups is 1. The number of halogens is 1. The van der Waals surface area contributed by atoms with Gasteiger partial charge >= 0.3 is 0 Å². The van der Waals surface area contributed by atoms with Crippen LogP contribution in [0, 0.1) is 5.92 Å². The lowest BCUT2D eigenvalue weighted by Crippen LogP contribution is -2.60. The molecule has 2 aromatic carbocycles. The summed E-state index contributed by atoms with van der Waals surface area (Å²) in [5.74, 6) is 0.430. The number of aromatic nitrogens is 2. The Hall–Kier alpha value is -2.99. The highest BCUT2D eigenvalue weighted by Crippen LogP contribution is 2.57. The topological polar surface area (TPSA) is 81.1 Å². The molecule has 0 saturated heterocycles. The minimum Gasteiger partial charge on any atom is -0.389 e. The third-order valence-corrected chi connectivity index (χ3v) is 7.51. The van der Waals surface area contributed by atoms with Gasteiger partial charge in [0.05, 0.1) is 22.3 Å². The van der Waals surface area contributed by atoms with Crippen LogP contribution in [0.3, 0.4) is 0 Å². The molecule has 2 aliphatic rings. The van der Waals surface area contributed by atoms with Crippen molar-refractivity contribution in [3.63, 3.8) is 0 Å². The molecule has 5 nitrogen and oxygen atoms in total. The van der Waals surface area contributed by atoms with Crippen LogP contribution in [0.2, 0.25) is 0 Å². The maximum absolute atomic E-state index is 12.2. The SMILES string of the molecule is Cl.Cn1c(=O)ccc2nc(-c3ccc([C@]4(N)C[C@@](O)(C5CC5)C4)cc3)c(-c3ccccc3)cc21. The third kappa shape index (κ3) is 3.65. The summed E-state index contributed by atoms with van der Waals surface area (Å²) in [5.41, 5.74) is 12.1. The fraction of sp³-hybridized carbons (Fsp3) is 0.286. The van der Waals surface area contributed by atoms with E-state index in [1.165, 1.54) is 0 Å². The first-order valence-electron chi connectivity index (χ1n) is 11.5. The quantitative estimate of drug-likeness (QED) is 0.447. The largest absolute Gasteiger partial charge is 0.389 e. The van der Waals surface area contributed by atoms with Crippen LogP contribution in [0.5, 0.6) is 0 Å². The molecule has 2 aromatic heterocycles. The zero-order valence-electron chi connectivity index (χ0n) is 19.1. The molecule has 34 heavy (non-hydrogen) atoms. The molecule has 0 radical (unpaired) electrons. The number of rotatable bonds is 4. The van der Waals surface area contributed by atoms with E-state index in [9.17, 15) is 9.90 Å². The summed E-state index contributed by atoms with van der Waals surface area (Å²) in [6, 6.07) is 23.8. The molecule has 0 bridgehead atoms. The van der Waals surface area contributed by atoms with Gasteiger partial charge in [0.2, 0.25) is 0 Å². The highest BCUT2D eigenvalue weighted by molar-refractivity contribution is 5.90. The van der Waals surface area contributed by atoms with Gasteiger partial charge in [-0.2, -0.15) is 0 Å². The van der Waals surface area contributed by atoms with Gasteiger partial charge in [-0.25, -0.2) is 4.98 Å².